The van der Waals surface area contributed by atoms with Gasteiger partial charge in [-0.2, -0.15) is 0 Å². The third-order valence-corrected chi connectivity index (χ3v) is 14.4. The fraction of sp³-hybridized carbons (Fsp3) is 0.700. The van der Waals surface area contributed by atoms with E-state index in [9.17, 15) is 37.2 Å². The summed E-state index contributed by atoms with van der Waals surface area (Å²) in [7, 11) is -3.63. The van der Waals surface area contributed by atoms with E-state index in [4.69, 9.17) is 10.5 Å². The second-order valence-electron chi connectivity index (χ2n) is 18.3. The molecule has 0 radical (unpaired) electrons. The molecule has 1 aromatic carbocycles. The first-order chi connectivity index (χ1) is 26.1. The summed E-state index contributed by atoms with van der Waals surface area (Å²) in [4.78, 5) is 83.7. The molecule has 0 aromatic heterocycles. The highest BCUT2D eigenvalue weighted by Gasteiger charge is 2.48. The molecule has 1 aromatic rings. The number of carbonyl (C=O) groups is 6. The molecule has 2 aliphatic heterocycles. The number of nitrogens with two attached hydrogens (primary N) is 1. The Hall–Kier alpha value is -4.21. The molecule has 0 bridgehead atoms. The van der Waals surface area contributed by atoms with Crippen molar-refractivity contribution in [3.05, 3.63) is 35.4 Å². The van der Waals surface area contributed by atoms with E-state index in [-0.39, 0.29) is 31.1 Å². The molecule has 0 spiro atoms. The van der Waals surface area contributed by atoms with Crippen molar-refractivity contribution in [1.29, 1.82) is 0 Å². The first-order valence-corrected chi connectivity index (χ1v) is 21.5. The van der Waals surface area contributed by atoms with Crippen molar-refractivity contribution in [3.63, 3.8) is 0 Å². The predicted molar refractivity (Wildman–Crippen MR) is 209 cm³/mol. The molecule has 5 N–H and O–H groups in total. The number of fused-ring (bicyclic) bond motifs is 1. The number of nitrogens with one attached hydrogen (secondary N) is 3. The minimum atomic E-state index is -3.63. The molecule has 16 heteroatoms. The van der Waals surface area contributed by atoms with E-state index in [0.717, 1.165) is 43.2 Å². The summed E-state index contributed by atoms with van der Waals surface area (Å²) in [6, 6.07) is 3.49. The number of ketones is 1. The smallest absolute Gasteiger partial charge is 0.410 e. The molecular formula is C40H60N6O9S. The van der Waals surface area contributed by atoms with Gasteiger partial charge >= 0.3 is 12.1 Å². The van der Waals surface area contributed by atoms with Gasteiger partial charge < -0.3 is 36.2 Å². The van der Waals surface area contributed by atoms with Gasteiger partial charge in [-0.15, -0.1) is 0 Å². The van der Waals surface area contributed by atoms with Crippen molar-refractivity contribution in [2.24, 2.45) is 17.1 Å². The summed E-state index contributed by atoms with van der Waals surface area (Å²) in [5.41, 5.74) is 5.54. The molecular weight excluding hydrogens is 741 g/mol. The minimum absolute atomic E-state index is 0.0918. The van der Waals surface area contributed by atoms with Gasteiger partial charge in [0.15, 0.2) is 9.84 Å². The lowest BCUT2D eigenvalue weighted by Crippen LogP contribution is -2.63. The molecule has 2 heterocycles. The molecule has 4 aliphatic rings. The lowest BCUT2D eigenvalue weighted by molar-refractivity contribution is -0.143. The number of urea groups is 1. The Bertz CT molecular complexity index is 1790. The number of ether oxygens (including phenoxy) is 1. The molecule has 2 unspecified atom stereocenters. The maximum Gasteiger partial charge on any atom is 0.410 e. The summed E-state index contributed by atoms with van der Waals surface area (Å²) in [6.45, 7) is 10.7. The Morgan fingerprint density at radius 3 is 2.18 bits per heavy atom. The number of nitrogens with zero attached hydrogens (tertiary/aromatic N) is 2. The lowest BCUT2D eigenvalue weighted by Gasteiger charge is -2.41. The van der Waals surface area contributed by atoms with Gasteiger partial charge in [0, 0.05) is 19.5 Å². The van der Waals surface area contributed by atoms with Crippen molar-refractivity contribution in [2.75, 3.05) is 18.8 Å². The maximum absolute atomic E-state index is 14.7. The second-order valence-corrected chi connectivity index (χ2v) is 21.0. The highest BCUT2D eigenvalue weighted by atomic mass is 32.2. The van der Waals surface area contributed by atoms with Crippen LogP contribution in [0.5, 0.6) is 0 Å². The van der Waals surface area contributed by atoms with Crippen molar-refractivity contribution < 1.29 is 41.9 Å². The molecule has 56 heavy (non-hydrogen) atoms. The molecule has 2 saturated carbocycles. The molecule has 310 valence electrons. The number of carbonyl (C=O) groups excluding carboxylic acids is 6. The predicted octanol–water partition coefficient (Wildman–Crippen LogP) is 3.12. The summed E-state index contributed by atoms with van der Waals surface area (Å²) in [5.74, 6) is -3.56. The summed E-state index contributed by atoms with van der Waals surface area (Å²) in [6.07, 6.45) is 4.25. The third-order valence-electron chi connectivity index (χ3n) is 11.6. The summed E-state index contributed by atoms with van der Waals surface area (Å²) in [5, 5.41) is 8.44. The summed E-state index contributed by atoms with van der Waals surface area (Å²) < 4.78 is 31.7. The van der Waals surface area contributed by atoms with Gasteiger partial charge in [-0.05, 0) is 68.9 Å². The van der Waals surface area contributed by atoms with Crippen LogP contribution in [-0.2, 0) is 46.7 Å². The quantitative estimate of drug-likeness (QED) is 0.228. The van der Waals surface area contributed by atoms with E-state index in [0.29, 0.717) is 32.4 Å². The van der Waals surface area contributed by atoms with Gasteiger partial charge in [-0.3, -0.25) is 19.2 Å². The Kier molecular flexibility index (Phi) is 12.8. The van der Waals surface area contributed by atoms with Crippen LogP contribution in [0, 0.1) is 11.3 Å². The minimum Gasteiger partial charge on any atom is -0.444 e. The molecule has 15 nitrogen and oxygen atoms in total. The highest BCUT2D eigenvalue weighted by Crippen LogP contribution is 2.35. The summed E-state index contributed by atoms with van der Waals surface area (Å²) >= 11 is 0. The molecule has 3 fully saturated rings. The van der Waals surface area contributed by atoms with E-state index in [2.05, 4.69) is 16.0 Å². The van der Waals surface area contributed by atoms with Crippen LogP contribution >= 0.6 is 0 Å². The van der Waals surface area contributed by atoms with Gasteiger partial charge in [-0.1, -0.05) is 77.1 Å². The van der Waals surface area contributed by atoms with Crippen molar-refractivity contribution >= 4 is 45.5 Å². The van der Waals surface area contributed by atoms with E-state index in [1.54, 1.807) is 46.4 Å². The van der Waals surface area contributed by atoms with E-state index >= 15 is 0 Å². The molecule has 4 atom stereocenters. The zero-order chi connectivity index (χ0) is 41.2. The van der Waals surface area contributed by atoms with E-state index < -0.39 is 85.4 Å². The van der Waals surface area contributed by atoms with Gasteiger partial charge in [0.1, 0.15) is 18.2 Å². The lowest BCUT2D eigenvalue weighted by atomic mass is 9.83. The number of likely N-dealkylation sites (tertiary alicyclic amines) is 1. The zero-order valence-electron chi connectivity index (χ0n) is 33.6. The first-order valence-electron chi connectivity index (χ1n) is 19.9. The number of rotatable bonds is 12. The highest BCUT2D eigenvalue weighted by molar-refractivity contribution is 7.92. The van der Waals surface area contributed by atoms with Crippen molar-refractivity contribution in [3.8, 4) is 0 Å². The SMILES string of the molecule is CC(C)(C)[C@H](NC(=O)NC1(CS(=O)(=O)C(C)(C)C)CCCCC1)C(=O)N1CC(OC(=O)N2CCc3ccccc3C2)C[C@H]1C(=O)NC(CC1CC1)C(=O)C(N)=O. The van der Waals surface area contributed by atoms with Crippen molar-refractivity contribution in [2.45, 2.75) is 147 Å². The third kappa shape index (κ3) is 10.4. The first kappa shape index (κ1) is 42.9. The van der Waals surface area contributed by atoms with Crippen LogP contribution in [0.3, 0.4) is 0 Å². The normalized spacial score (nSPS) is 22.2. The standard InChI is InChI=1S/C40H60N6O9S/c1-38(2,3)32(43-36(51)44-40(17-10-7-11-18-40)24-56(53,54)39(4,5)6)35(50)46-23-28(55-37(52)45-19-16-26-12-8-9-13-27(26)22-45)21-30(46)34(49)42-29(20-25-14-15-25)31(47)33(41)48/h8-9,12-13,25,28-30,32H,7,10-11,14-24H2,1-6H3,(H2,41,48)(H,42,49)(H2,43,44,51)/t28?,29?,30-,32+/m0/s1. The Morgan fingerprint density at radius 2 is 1.59 bits per heavy atom. The van der Waals surface area contributed by atoms with E-state index in [1.165, 1.54) is 4.90 Å². The number of amides is 6. The van der Waals surface area contributed by atoms with Gasteiger partial charge in [0.05, 0.1) is 28.6 Å². The molecule has 1 saturated heterocycles. The number of hydrogen-bond acceptors (Lipinski definition) is 9. The maximum atomic E-state index is 14.7. The molecule has 6 amide bonds. The van der Waals surface area contributed by atoms with Gasteiger partial charge in [0.25, 0.3) is 5.91 Å². The fourth-order valence-electron chi connectivity index (χ4n) is 7.94. The van der Waals surface area contributed by atoms with Crippen LogP contribution in [0.4, 0.5) is 9.59 Å². The van der Waals surface area contributed by atoms with Crippen LogP contribution < -0.4 is 21.7 Å². The van der Waals surface area contributed by atoms with Crippen LogP contribution in [0.25, 0.3) is 0 Å². The number of hydrogen-bond donors (Lipinski definition) is 4. The average Bonchev–Trinajstić information content (AvgIpc) is 3.84. The molecule has 5 rings (SSSR count). The second kappa shape index (κ2) is 16.7. The Morgan fingerprint density at radius 1 is 0.946 bits per heavy atom. The largest absolute Gasteiger partial charge is 0.444 e. The molecule has 2 aliphatic carbocycles. The Labute approximate surface area is 330 Å². The number of Topliss-reactive ketones (excluding diaryl/α,β-unsaturated/α-hetero) is 1. The van der Waals surface area contributed by atoms with Crippen LogP contribution in [-0.4, -0.2) is 107 Å². The number of benzene rings is 1. The monoisotopic (exact) mass is 800 g/mol. The van der Waals surface area contributed by atoms with Crippen molar-refractivity contribution in [1.82, 2.24) is 25.8 Å². The fourth-order valence-corrected chi connectivity index (χ4v) is 9.46. The van der Waals surface area contributed by atoms with Gasteiger partial charge in [0.2, 0.25) is 17.6 Å². The Balaban J connectivity index is 1.38. The number of sulfone groups is 1. The van der Waals surface area contributed by atoms with Crippen LogP contribution in [0.2, 0.25) is 0 Å². The van der Waals surface area contributed by atoms with Gasteiger partial charge in [-0.25, -0.2) is 18.0 Å². The van der Waals surface area contributed by atoms with E-state index in [1.807, 2.05) is 24.3 Å². The number of primary amides is 1. The van der Waals surface area contributed by atoms with Crippen LogP contribution in [0.1, 0.15) is 110 Å². The zero-order valence-corrected chi connectivity index (χ0v) is 34.5. The van der Waals surface area contributed by atoms with Crippen LogP contribution in [0.15, 0.2) is 24.3 Å². The topological polar surface area (TPSA) is 214 Å². The average molecular weight is 801 g/mol.